The molecular formula is C26H31NO5. The van der Waals surface area contributed by atoms with Crippen molar-refractivity contribution >= 4 is 17.4 Å². The maximum absolute atomic E-state index is 13.4. The predicted octanol–water partition coefficient (Wildman–Crippen LogP) is 5.39. The second-order valence-electron chi connectivity index (χ2n) is 9.09. The van der Waals surface area contributed by atoms with Gasteiger partial charge in [0, 0.05) is 17.2 Å². The summed E-state index contributed by atoms with van der Waals surface area (Å²) >= 11 is 0. The SMILES string of the molecule is CCOc1cccc(N2C(=O)C(O)=C(C(=O)C(C)(C)C)C2c2cccc(OC(C)C)c2)c1. The van der Waals surface area contributed by atoms with Gasteiger partial charge in [0.05, 0.1) is 24.3 Å². The highest BCUT2D eigenvalue weighted by Gasteiger charge is 2.46. The van der Waals surface area contributed by atoms with E-state index in [-0.39, 0.29) is 17.5 Å². The van der Waals surface area contributed by atoms with E-state index in [2.05, 4.69) is 0 Å². The predicted molar refractivity (Wildman–Crippen MR) is 124 cm³/mol. The van der Waals surface area contributed by atoms with E-state index < -0.39 is 23.1 Å². The smallest absolute Gasteiger partial charge is 0.294 e. The van der Waals surface area contributed by atoms with Crippen molar-refractivity contribution in [3.63, 3.8) is 0 Å². The van der Waals surface area contributed by atoms with E-state index in [4.69, 9.17) is 9.47 Å². The molecule has 2 aromatic rings. The molecule has 32 heavy (non-hydrogen) atoms. The minimum Gasteiger partial charge on any atom is -0.503 e. The zero-order valence-electron chi connectivity index (χ0n) is 19.5. The number of amides is 1. The number of hydrogen-bond acceptors (Lipinski definition) is 5. The molecule has 1 unspecified atom stereocenters. The van der Waals surface area contributed by atoms with Gasteiger partial charge in [-0.1, -0.05) is 39.0 Å². The van der Waals surface area contributed by atoms with E-state index >= 15 is 0 Å². The van der Waals surface area contributed by atoms with Crippen molar-refractivity contribution in [2.75, 3.05) is 11.5 Å². The minimum absolute atomic E-state index is 0.0333. The summed E-state index contributed by atoms with van der Waals surface area (Å²) in [6, 6.07) is 13.6. The lowest BCUT2D eigenvalue weighted by Gasteiger charge is -2.29. The molecule has 1 aliphatic rings. The Kier molecular flexibility index (Phi) is 6.63. The Bertz CT molecular complexity index is 1050. The highest BCUT2D eigenvalue weighted by atomic mass is 16.5. The number of rotatable bonds is 7. The highest BCUT2D eigenvalue weighted by Crippen LogP contribution is 2.44. The van der Waals surface area contributed by atoms with Crippen molar-refractivity contribution < 1.29 is 24.2 Å². The molecule has 2 aromatic carbocycles. The summed E-state index contributed by atoms with van der Waals surface area (Å²) in [7, 11) is 0. The Labute approximate surface area is 189 Å². The fourth-order valence-electron chi connectivity index (χ4n) is 3.74. The number of aliphatic hydroxyl groups excluding tert-OH is 1. The van der Waals surface area contributed by atoms with Crippen molar-refractivity contribution in [1.29, 1.82) is 0 Å². The fourth-order valence-corrected chi connectivity index (χ4v) is 3.74. The zero-order chi connectivity index (χ0) is 23.6. The summed E-state index contributed by atoms with van der Waals surface area (Å²) < 4.78 is 11.4. The monoisotopic (exact) mass is 437 g/mol. The molecule has 0 aliphatic carbocycles. The van der Waals surface area contributed by atoms with Gasteiger partial charge in [-0.15, -0.1) is 0 Å². The third-order valence-corrected chi connectivity index (χ3v) is 5.09. The number of anilines is 1. The Balaban J connectivity index is 2.18. The van der Waals surface area contributed by atoms with Gasteiger partial charge in [0.15, 0.2) is 11.5 Å². The second kappa shape index (κ2) is 9.07. The van der Waals surface area contributed by atoms with Crippen LogP contribution in [0, 0.1) is 5.41 Å². The molecule has 6 nitrogen and oxygen atoms in total. The lowest BCUT2D eigenvalue weighted by molar-refractivity contribution is -0.123. The molecule has 0 aromatic heterocycles. The Morgan fingerprint density at radius 3 is 2.38 bits per heavy atom. The van der Waals surface area contributed by atoms with Gasteiger partial charge in [-0.2, -0.15) is 0 Å². The van der Waals surface area contributed by atoms with Crippen LogP contribution in [0.3, 0.4) is 0 Å². The molecular weight excluding hydrogens is 406 g/mol. The lowest BCUT2D eigenvalue weighted by atomic mass is 9.82. The first-order valence-electron chi connectivity index (χ1n) is 10.9. The first-order chi connectivity index (χ1) is 15.0. The van der Waals surface area contributed by atoms with E-state index in [0.717, 1.165) is 0 Å². The summed E-state index contributed by atoms with van der Waals surface area (Å²) in [5, 5.41) is 10.8. The van der Waals surface area contributed by atoms with Gasteiger partial charge in [0.2, 0.25) is 0 Å². The molecule has 0 radical (unpaired) electrons. The van der Waals surface area contributed by atoms with Gasteiger partial charge < -0.3 is 14.6 Å². The van der Waals surface area contributed by atoms with Gasteiger partial charge in [-0.05, 0) is 50.6 Å². The number of nitrogens with zero attached hydrogens (tertiary/aromatic N) is 1. The van der Waals surface area contributed by atoms with Crippen LogP contribution in [-0.4, -0.2) is 29.5 Å². The molecule has 6 heteroatoms. The van der Waals surface area contributed by atoms with Crippen LogP contribution in [-0.2, 0) is 9.59 Å². The van der Waals surface area contributed by atoms with Gasteiger partial charge in [-0.25, -0.2) is 0 Å². The number of aliphatic hydroxyl groups is 1. The van der Waals surface area contributed by atoms with E-state index in [1.165, 1.54) is 4.90 Å². The molecule has 0 bridgehead atoms. The van der Waals surface area contributed by atoms with E-state index in [1.54, 1.807) is 45.0 Å². The normalized spacial score (nSPS) is 16.7. The Morgan fingerprint density at radius 1 is 1.09 bits per heavy atom. The zero-order valence-corrected chi connectivity index (χ0v) is 19.5. The standard InChI is InChI=1S/C26H31NO5/c1-7-31-19-12-9-11-18(15-19)27-22(17-10-8-13-20(14-17)32-16(2)3)21(23(28)25(27)30)24(29)26(4,5)6/h8-16,22,28H,7H2,1-6H3. The van der Waals surface area contributed by atoms with Crippen LogP contribution in [0.4, 0.5) is 5.69 Å². The van der Waals surface area contributed by atoms with Crippen LogP contribution in [0.15, 0.2) is 59.9 Å². The summed E-state index contributed by atoms with van der Waals surface area (Å²) in [6.07, 6.45) is -0.0333. The average Bonchev–Trinajstić information content (AvgIpc) is 2.98. The maximum Gasteiger partial charge on any atom is 0.294 e. The second-order valence-corrected chi connectivity index (χ2v) is 9.09. The van der Waals surface area contributed by atoms with Crippen LogP contribution >= 0.6 is 0 Å². The van der Waals surface area contributed by atoms with Crippen molar-refractivity contribution in [2.24, 2.45) is 5.41 Å². The number of ether oxygens (including phenoxy) is 2. The number of hydrogen-bond donors (Lipinski definition) is 1. The van der Waals surface area contributed by atoms with Crippen molar-refractivity contribution in [3.05, 3.63) is 65.4 Å². The molecule has 170 valence electrons. The van der Waals surface area contributed by atoms with Crippen LogP contribution in [0.2, 0.25) is 0 Å². The third-order valence-electron chi connectivity index (χ3n) is 5.09. The molecule has 0 saturated carbocycles. The number of benzene rings is 2. The van der Waals surface area contributed by atoms with Crippen LogP contribution in [0.25, 0.3) is 0 Å². The van der Waals surface area contributed by atoms with E-state index in [1.807, 2.05) is 45.0 Å². The first-order valence-corrected chi connectivity index (χ1v) is 10.9. The van der Waals surface area contributed by atoms with Crippen molar-refractivity contribution in [2.45, 2.75) is 53.7 Å². The molecule has 1 atom stereocenters. The molecule has 3 rings (SSSR count). The summed E-state index contributed by atoms with van der Waals surface area (Å²) in [4.78, 5) is 28.1. The highest BCUT2D eigenvalue weighted by molar-refractivity contribution is 6.17. The van der Waals surface area contributed by atoms with Crippen LogP contribution in [0.1, 0.15) is 53.1 Å². The van der Waals surface area contributed by atoms with E-state index in [9.17, 15) is 14.7 Å². The molecule has 1 N–H and O–H groups in total. The molecule has 0 fully saturated rings. The summed E-state index contributed by atoms with van der Waals surface area (Å²) in [5.41, 5.74) is 0.516. The number of carbonyl (C=O) groups is 2. The van der Waals surface area contributed by atoms with E-state index in [0.29, 0.717) is 29.4 Å². The summed E-state index contributed by atoms with van der Waals surface area (Å²) in [5.74, 6) is -0.198. The lowest BCUT2D eigenvalue weighted by Crippen LogP contribution is -2.32. The van der Waals surface area contributed by atoms with Crippen LogP contribution < -0.4 is 14.4 Å². The largest absolute Gasteiger partial charge is 0.503 e. The van der Waals surface area contributed by atoms with Crippen LogP contribution in [0.5, 0.6) is 11.5 Å². The number of ketones is 1. The van der Waals surface area contributed by atoms with Gasteiger partial charge >= 0.3 is 0 Å². The number of carbonyl (C=O) groups excluding carboxylic acids is 2. The third kappa shape index (κ3) is 4.64. The molecule has 1 aliphatic heterocycles. The summed E-state index contributed by atoms with van der Waals surface area (Å²) in [6.45, 7) is 11.5. The molecule has 0 saturated heterocycles. The van der Waals surface area contributed by atoms with Crippen molar-refractivity contribution in [1.82, 2.24) is 0 Å². The Morgan fingerprint density at radius 2 is 1.75 bits per heavy atom. The molecule has 0 spiro atoms. The first kappa shape index (κ1) is 23.4. The minimum atomic E-state index is -0.790. The quantitative estimate of drug-likeness (QED) is 0.629. The van der Waals surface area contributed by atoms with Gasteiger partial charge in [0.1, 0.15) is 11.5 Å². The topological polar surface area (TPSA) is 76.1 Å². The van der Waals surface area contributed by atoms with Gasteiger partial charge in [-0.3, -0.25) is 14.5 Å². The van der Waals surface area contributed by atoms with Crippen molar-refractivity contribution in [3.8, 4) is 11.5 Å². The molecule has 1 heterocycles. The molecule has 1 amide bonds. The maximum atomic E-state index is 13.4. The Hall–Kier alpha value is -3.28. The average molecular weight is 438 g/mol. The fraction of sp³-hybridized carbons (Fsp3) is 0.385. The van der Waals surface area contributed by atoms with Gasteiger partial charge in [0.25, 0.3) is 5.91 Å². The number of Topliss-reactive ketones (excluding diaryl/α,β-unsaturated/α-hetero) is 1.